The van der Waals surface area contributed by atoms with E-state index in [0.717, 1.165) is 37.1 Å². The summed E-state index contributed by atoms with van der Waals surface area (Å²) in [6.07, 6.45) is 4.20. The zero-order valence-electron chi connectivity index (χ0n) is 9.61. The minimum atomic E-state index is 0.956. The van der Waals surface area contributed by atoms with Gasteiger partial charge in [-0.05, 0) is 31.2 Å². The van der Waals surface area contributed by atoms with Crippen LogP contribution in [0.4, 0.5) is 0 Å². The zero-order valence-corrected chi connectivity index (χ0v) is 9.61. The number of aryl methyl sites for hydroxylation is 3. The first-order valence-corrected chi connectivity index (χ1v) is 5.82. The fraction of sp³-hybridized carbons (Fsp3) is 0.385. The van der Waals surface area contributed by atoms with Crippen molar-refractivity contribution in [2.24, 2.45) is 0 Å². The van der Waals surface area contributed by atoms with E-state index >= 15 is 0 Å². The third-order valence-electron chi connectivity index (χ3n) is 2.76. The molecule has 1 heterocycles. The number of nitrogens with zero attached hydrogens (tertiary/aromatic N) is 2. The molecule has 1 N–H and O–H groups in total. The van der Waals surface area contributed by atoms with Gasteiger partial charge in [0.15, 0.2) is 0 Å². The van der Waals surface area contributed by atoms with E-state index < -0.39 is 0 Å². The molecule has 16 heavy (non-hydrogen) atoms. The molecule has 2 rings (SSSR count). The van der Waals surface area contributed by atoms with Crippen LogP contribution in [-0.2, 0) is 19.3 Å². The van der Waals surface area contributed by atoms with Crippen molar-refractivity contribution in [2.45, 2.75) is 32.6 Å². The lowest BCUT2D eigenvalue weighted by Crippen LogP contribution is -1.94. The lowest BCUT2D eigenvalue weighted by atomic mass is 10.1. The van der Waals surface area contributed by atoms with Gasteiger partial charge < -0.3 is 0 Å². The molecule has 0 amide bonds. The average Bonchev–Trinajstić information content (AvgIpc) is 2.78. The predicted octanol–water partition coefficient (Wildman–Crippen LogP) is 2.54. The number of hydrogen-bond donors (Lipinski definition) is 1. The summed E-state index contributed by atoms with van der Waals surface area (Å²) in [6.45, 7) is 2.11. The molecule has 3 heteroatoms. The maximum Gasteiger partial charge on any atom is 0.0856 e. The Morgan fingerprint density at radius 2 is 1.75 bits per heavy atom. The average molecular weight is 215 g/mol. The number of H-pyrrole nitrogens is 1. The van der Waals surface area contributed by atoms with Crippen molar-refractivity contribution in [3.05, 3.63) is 47.3 Å². The van der Waals surface area contributed by atoms with E-state index in [-0.39, 0.29) is 0 Å². The van der Waals surface area contributed by atoms with Gasteiger partial charge >= 0.3 is 0 Å². The minimum Gasteiger partial charge on any atom is -0.197 e. The number of aromatic amines is 1. The second kappa shape index (κ2) is 5.45. The Kier molecular flexibility index (Phi) is 3.70. The standard InChI is InChI=1S/C13H17N3/c1-2-12-13(15-16-14-12)10-6-9-11-7-4-3-5-8-11/h3-5,7-8H,2,6,9-10H2,1H3,(H,14,15,16). The predicted molar refractivity (Wildman–Crippen MR) is 64.2 cm³/mol. The van der Waals surface area contributed by atoms with Crippen molar-refractivity contribution in [2.75, 3.05) is 0 Å². The number of nitrogens with one attached hydrogen (secondary N) is 1. The van der Waals surface area contributed by atoms with Crippen LogP contribution < -0.4 is 0 Å². The SMILES string of the molecule is CCc1n[nH]nc1CCCc1ccccc1. The Bertz CT molecular complexity index is 420. The van der Waals surface area contributed by atoms with Crippen LogP contribution in [0.2, 0.25) is 0 Å². The molecule has 0 bridgehead atoms. The van der Waals surface area contributed by atoms with Crippen molar-refractivity contribution >= 4 is 0 Å². The quantitative estimate of drug-likeness (QED) is 0.832. The van der Waals surface area contributed by atoms with Gasteiger partial charge in [-0.1, -0.05) is 37.3 Å². The van der Waals surface area contributed by atoms with Crippen LogP contribution in [0, 0.1) is 0 Å². The summed E-state index contributed by atoms with van der Waals surface area (Å²) in [5.74, 6) is 0. The van der Waals surface area contributed by atoms with E-state index in [1.54, 1.807) is 0 Å². The molecular formula is C13H17N3. The monoisotopic (exact) mass is 215 g/mol. The van der Waals surface area contributed by atoms with Crippen molar-refractivity contribution in [1.82, 2.24) is 15.4 Å². The summed E-state index contributed by atoms with van der Waals surface area (Å²) >= 11 is 0. The molecule has 3 nitrogen and oxygen atoms in total. The van der Waals surface area contributed by atoms with Gasteiger partial charge in [-0.15, -0.1) is 0 Å². The molecule has 0 unspecified atom stereocenters. The molecule has 0 radical (unpaired) electrons. The van der Waals surface area contributed by atoms with Gasteiger partial charge in [-0.3, -0.25) is 0 Å². The highest BCUT2D eigenvalue weighted by Crippen LogP contribution is 2.08. The van der Waals surface area contributed by atoms with Crippen molar-refractivity contribution in [3.8, 4) is 0 Å². The molecule has 0 aliphatic heterocycles. The maximum absolute atomic E-state index is 4.18. The molecule has 1 aromatic carbocycles. The Morgan fingerprint density at radius 3 is 2.50 bits per heavy atom. The molecule has 0 aliphatic carbocycles. The maximum atomic E-state index is 4.18. The number of benzene rings is 1. The van der Waals surface area contributed by atoms with Gasteiger partial charge in [0.05, 0.1) is 11.4 Å². The Morgan fingerprint density at radius 1 is 1.00 bits per heavy atom. The van der Waals surface area contributed by atoms with E-state index in [0.29, 0.717) is 0 Å². The molecule has 0 spiro atoms. The van der Waals surface area contributed by atoms with Gasteiger partial charge in [0.25, 0.3) is 0 Å². The largest absolute Gasteiger partial charge is 0.197 e. The van der Waals surface area contributed by atoms with Crippen LogP contribution in [0.3, 0.4) is 0 Å². The van der Waals surface area contributed by atoms with E-state index in [1.807, 2.05) is 0 Å². The second-order valence-electron chi connectivity index (χ2n) is 3.91. The van der Waals surface area contributed by atoms with Crippen LogP contribution >= 0.6 is 0 Å². The lowest BCUT2D eigenvalue weighted by molar-refractivity contribution is 0.785. The molecule has 2 aromatic rings. The molecule has 1 aromatic heterocycles. The molecule has 0 fully saturated rings. The van der Waals surface area contributed by atoms with Gasteiger partial charge in [0.2, 0.25) is 0 Å². The topological polar surface area (TPSA) is 41.6 Å². The number of rotatable bonds is 5. The first kappa shape index (κ1) is 10.9. The number of aromatic nitrogens is 3. The normalized spacial score (nSPS) is 10.6. The molecule has 0 aliphatic rings. The van der Waals surface area contributed by atoms with Crippen LogP contribution in [0.1, 0.15) is 30.3 Å². The highest BCUT2D eigenvalue weighted by atomic mass is 15.3. The summed E-state index contributed by atoms with van der Waals surface area (Å²) < 4.78 is 0. The highest BCUT2D eigenvalue weighted by molar-refractivity contribution is 5.15. The minimum absolute atomic E-state index is 0.956. The third-order valence-corrected chi connectivity index (χ3v) is 2.76. The Labute approximate surface area is 95.9 Å². The van der Waals surface area contributed by atoms with Crippen LogP contribution in [0.25, 0.3) is 0 Å². The summed E-state index contributed by atoms with van der Waals surface area (Å²) in [7, 11) is 0. The van der Waals surface area contributed by atoms with Crippen molar-refractivity contribution < 1.29 is 0 Å². The van der Waals surface area contributed by atoms with Crippen molar-refractivity contribution in [1.29, 1.82) is 0 Å². The van der Waals surface area contributed by atoms with E-state index in [4.69, 9.17) is 0 Å². The second-order valence-corrected chi connectivity index (χ2v) is 3.91. The first-order chi connectivity index (χ1) is 7.90. The lowest BCUT2D eigenvalue weighted by Gasteiger charge is -2.00. The summed E-state index contributed by atoms with van der Waals surface area (Å²) in [4.78, 5) is 0. The highest BCUT2D eigenvalue weighted by Gasteiger charge is 2.04. The molecule has 0 saturated heterocycles. The van der Waals surface area contributed by atoms with Gasteiger partial charge in [0.1, 0.15) is 0 Å². The molecular weight excluding hydrogens is 198 g/mol. The van der Waals surface area contributed by atoms with E-state index in [9.17, 15) is 0 Å². The van der Waals surface area contributed by atoms with Crippen LogP contribution in [0.5, 0.6) is 0 Å². The van der Waals surface area contributed by atoms with Crippen LogP contribution in [0.15, 0.2) is 30.3 Å². The third kappa shape index (κ3) is 2.69. The van der Waals surface area contributed by atoms with Gasteiger partial charge in [-0.2, -0.15) is 15.4 Å². The fourth-order valence-electron chi connectivity index (χ4n) is 1.86. The first-order valence-electron chi connectivity index (χ1n) is 5.82. The summed E-state index contributed by atoms with van der Waals surface area (Å²) in [5, 5.41) is 11.0. The summed E-state index contributed by atoms with van der Waals surface area (Å²) in [5.41, 5.74) is 3.62. The van der Waals surface area contributed by atoms with Gasteiger partial charge in [0, 0.05) is 0 Å². The molecule has 0 atom stereocenters. The zero-order chi connectivity index (χ0) is 11.2. The smallest absolute Gasteiger partial charge is 0.0856 e. The molecule has 0 saturated carbocycles. The Balaban J connectivity index is 1.85. The van der Waals surface area contributed by atoms with Crippen molar-refractivity contribution in [3.63, 3.8) is 0 Å². The molecule has 84 valence electrons. The van der Waals surface area contributed by atoms with E-state index in [2.05, 4.69) is 52.7 Å². The summed E-state index contributed by atoms with van der Waals surface area (Å²) in [6, 6.07) is 10.6. The number of hydrogen-bond acceptors (Lipinski definition) is 2. The fourth-order valence-corrected chi connectivity index (χ4v) is 1.86. The van der Waals surface area contributed by atoms with Gasteiger partial charge in [-0.25, -0.2) is 0 Å². The Hall–Kier alpha value is -1.64. The van der Waals surface area contributed by atoms with E-state index in [1.165, 1.54) is 5.56 Å². The van der Waals surface area contributed by atoms with Crippen LogP contribution in [-0.4, -0.2) is 15.4 Å².